The molecule has 5 nitrogen and oxygen atoms in total. The molecule has 3 N–H and O–H groups in total. The topological polar surface area (TPSA) is 78.4 Å². The summed E-state index contributed by atoms with van der Waals surface area (Å²) in [5.74, 6) is 1.07. The highest BCUT2D eigenvalue weighted by atomic mass is 35.5. The second-order valence-corrected chi connectivity index (χ2v) is 5.43. The molecule has 118 valence electrons. The minimum absolute atomic E-state index is 0.0160. The van der Waals surface area contributed by atoms with Gasteiger partial charge in [0.2, 0.25) is 0 Å². The largest absolute Gasteiger partial charge is 0.508 e. The van der Waals surface area contributed by atoms with E-state index in [2.05, 4.69) is 10.2 Å². The number of H-pyrrole nitrogens is 1. The number of hydrogen-bond acceptors (Lipinski definition) is 4. The zero-order valence-corrected chi connectivity index (χ0v) is 13.1. The number of aromatic hydroxyl groups is 2. The Hall–Kier alpha value is -2.66. The van der Waals surface area contributed by atoms with Crippen LogP contribution in [0.1, 0.15) is 12.6 Å². The first-order valence-electron chi connectivity index (χ1n) is 7.11. The van der Waals surface area contributed by atoms with Gasteiger partial charge in [0, 0.05) is 16.7 Å². The molecule has 2 aromatic carbocycles. The minimum Gasteiger partial charge on any atom is -0.508 e. The van der Waals surface area contributed by atoms with Crippen molar-refractivity contribution in [1.82, 2.24) is 10.2 Å². The Balaban J connectivity index is 2.05. The molecule has 0 spiro atoms. The normalized spacial score (nSPS) is 10.7. The second kappa shape index (κ2) is 6.22. The summed E-state index contributed by atoms with van der Waals surface area (Å²) >= 11 is 5.88. The van der Waals surface area contributed by atoms with Crippen LogP contribution in [-0.4, -0.2) is 20.4 Å². The van der Waals surface area contributed by atoms with Gasteiger partial charge in [-0.05, 0) is 42.8 Å². The Morgan fingerprint density at radius 3 is 2.52 bits per heavy atom. The fourth-order valence-corrected chi connectivity index (χ4v) is 2.37. The summed E-state index contributed by atoms with van der Waals surface area (Å²) in [5, 5.41) is 27.3. The van der Waals surface area contributed by atoms with Crippen LogP contribution in [0.4, 0.5) is 0 Å². The smallest absolute Gasteiger partial charge is 0.176 e. The third-order valence-electron chi connectivity index (χ3n) is 3.42. The highest BCUT2D eigenvalue weighted by Gasteiger charge is 2.19. The minimum atomic E-state index is -0.0693. The first-order chi connectivity index (χ1) is 11.1. The van der Waals surface area contributed by atoms with Crippen molar-refractivity contribution >= 4 is 11.6 Å². The molecule has 0 atom stereocenters. The van der Waals surface area contributed by atoms with Crippen LogP contribution in [0.15, 0.2) is 42.5 Å². The average Bonchev–Trinajstić information content (AvgIpc) is 2.92. The third kappa shape index (κ3) is 3.10. The van der Waals surface area contributed by atoms with Crippen molar-refractivity contribution < 1.29 is 14.9 Å². The summed E-state index contributed by atoms with van der Waals surface area (Å²) in [6.45, 7) is 1.97. The lowest BCUT2D eigenvalue weighted by molar-refractivity contribution is 0.450. The summed E-state index contributed by atoms with van der Waals surface area (Å²) in [4.78, 5) is 0. The highest BCUT2D eigenvalue weighted by molar-refractivity contribution is 6.30. The molecule has 0 unspecified atom stereocenters. The number of benzene rings is 2. The van der Waals surface area contributed by atoms with Crippen LogP contribution in [0, 0.1) is 0 Å². The van der Waals surface area contributed by atoms with Gasteiger partial charge in [-0.25, -0.2) is 0 Å². The number of rotatable bonds is 4. The molecule has 0 saturated carbocycles. The Morgan fingerprint density at radius 2 is 1.87 bits per heavy atom. The van der Waals surface area contributed by atoms with Gasteiger partial charge in [-0.1, -0.05) is 18.5 Å². The van der Waals surface area contributed by atoms with Gasteiger partial charge >= 0.3 is 0 Å². The molecule has 3 aromatic rings. The number of phenolic OH excluding ortho intramolecular Hbond substituents is 2. The van der Waals surface area contributed by atoms with Crippen LogP contribution in [0.3, 0.4) is 0 Å². The van der Waals surface area contributed by atoms with Crippen LogP contribution in [0.25, 0.3) is 11.3 Å². The number of hydrogen-bond donors (Lipinski definition) is 3. The van der Waals surface area contributed by atoms with Gasteiger partial charge in [0.25, 0.3) is 0 Å². The summed E-state index contributed by atoms with van der Waals surface area (Å²) in [6, 6.07) is 11.3. The van der Waals surface area contributed by atoms with E-state index >= 15 is 0 Å². The van der Waals surface area contributed by atoms with Crippen LogP contribution in [0.2, 0.25) is 5.02 Å². The van der Waals surface area contributed by atoms with Crippen molar-refractivity contribution in [2.75, 3.05) is 0 Å². The van der Waals surface area contributed by atoms with E-state index in [-0.39, 0.29) is 11.5 Å². The van der Waals surface area contributed by atoms with E-state index < -0.39 is 0 Å². The lowest BCUT2D eigenvalue weighted by atomic mass is 10.1. The van der Waals surface area contributed by atoms with E-state index in [9.17, 15) is 10.2 Å². The lowest BCUT2D eigenvalue weighted by Gasteiger charge is -2.09. The third-order valence-corrected chi connectivity index (χ3v) is 3.67. The molecule has 1 aromatic heterocycles. The fraction of sp³-hybridized carbons (Fsp3) is 0.118. The number of aryl methyl sites for hydroxylation is 1. The molecule has 0 bridgehead atoms. The quantitative estimate of drug-likeness (QED) is 0.658. The zero-order valence-electron chi connectivity index (χ0n) is 12.4. The number of aromatic amines is 1. The number of ether oxygens (including phenoxy) is 1. The average molecular weight is 331 g/mol. The molecule has 1 heterocycles. The molecule has 3 rings (SSSR count). The van der Waals surface area contributed by atoms with Crippen LogP contribution < -0.4 is 4.74 Å². The molecule has 0 radical (unpaired) electrons. The van der Waals surface area contributed by atoms with Crippen molar-refractivity contribution in [2.45, 2.75) is 13.3 Å². The Morgan fingerprint density at radius 1 is 1.13 bits per heavy atom. The molecule has 0 fully saturated rings. The summed E-state index contributed by atoms with van der Waals surface area (Å²) in [5.41, 5.74) is 1.76. The van der Waals surface area contributed by atoms with Crippen LogP contribution >= 0.6 is 11.6 Å². The first-order valence-corrected chi connectivity index (χ1v) is 7.49. The molecule has 0 aliphatic heterocycles. The van der Waals surface area contributed by atoms with E-state index in [1.54, 1.807) is 30.3 Å². The van der Waals surface area contributed by atoms with E-state index in [1.807, 2.05) is 6.92 Å². The number of aromatic nitrogens is 2. The number of nitrogens with zero attached hydrogens (tertiary/aromatic N) is 1. The molecular formula is C17H15ClN2O3. The maximum absolute atomic E-state index is 10.1. The van der Waals surface area contributed by atoms with Gasteiger partial charge in [0.15, 0.2) is 5.75 Å². The number of phenols is 2. The zero-order chi connectivity index (χ0) is 16.4. The highest BCUT2D eigenvalue weighted by Crippen LogP contribution is 2.40. The van der Waals surface area contributed by atoms with Crippen molar-refractivity contribution in [1.29, 1.82) is 0 Å². The predicted molar refractivity (Wildman–Crippen MR) is 88.3 cm³/mol. The first kappa shape index (κ1) is 15.2. The van der Waals surface area contributed by atoms with Gasteiger partial charge in [0.1, 0.15) is 22.9 Å². The van der Waals surface area contributed by atoms with Crippen LogP contribution in [0.5, 0.6) is 23.0 Å². The summed E-state index contributed by atoms with van der Waals surface area (Å²) in [6.07, 6.45) is 0.689. The summed E-state index contributed by atoms with van der Waals surface area (Å²) in [7, 11) is 0. The van der Waals surface area contributed by atoms with E-state index in [1.165, 1.54) is 12.1 Å². The monoisotopic (exact) mass is 330 g/mol. The van der Waals surface area contributed by atoms with Gasteiger partial charge in [-0.15, -0.1) is 0 Å². The molecule has 0 amide bonds. The number of nitrogens with one attached hydrogen (secondary N) is 1. The van der Waals surface area contributed by atoms with Gasteiger partial charge in [0.05, 0.1) is 5.69 Å². The van der Waals surface area contributed by atoms with E-state index in [0.717, 1.165) is 5.69 Å². The molecular weight excluding hydrogens is 316 g/mol. The Kier molecular flexibility index (Phi) is 4.12. The van der Waals surface area contributed by atoms with Gasteiger partial charge < -0.3 is 14.9 Å². The Labute approximate surface area is 138 Å². The fourth-order valence-electron chi connectivity index (χ4n) is 2.24. The SMILES string of the molecule is CCc1[nH]nc(-c2ccc(O)cc2O)c1Oc1ccc(Cl)cc1. The molecule has 6 heteroatoms. The van der Waals surface area contributed by atoms with Crippen molar-refractivity contribution in [3.8, 4) is 34.3 Å². The van der Waals surface area contributed by atoms with Gasteiger partial charge in [-0.3, -0.25) is 5.10 Å². The maximum atomic E-state index is 10.1. The molecule has 0 aliphatic rings. The molecule has 0 aliphatic carbocycles. The maximum Gasteiger partial charge on any atom is 0.176 e. The predicted octanol–water partition coefficient (Wildman–Crippen LogP) is 4.50. The van der Waals surface area contributed by atoms with Crippen molar-refractivity contribution in [2.24, 2.45) is 0 Å². The molecule has 23 heavy (non-hydrogen) atoms. The Bertz CT molecular complexity index is 828. The van der Waals surface area contributed by atoms with Crippen molar-refractivity contribution in [3.63, 3.8) is 0 Å². The van der Waals surface area contributed by atoms with Gasteiger partial charge in [-0.2, -0.15) is 5.10 Å². The van der Waals surface area contributed by atoms with E-state index in [4.69, 9.17) is 16.3 Å². The van der Waals surface area contributed by atoms with Crippen molar-refractivity contribution in [3.05, 3.63) is 53.2 Å². The number of halogens is 1. The van der Waals surface area contributed by atoms with E-state index in [0.29, 0.717) is 34.2 Å². The lowest BCUT2D eigenvalue weighted by Crippen LogP contribution is -1.90. The second-order valence-electron chi connectivity index (χ2n) is 4.99. The standard InChI is InChI=1S/C17H15ClN2O3/c1-2-14-17(23-12-6-3-10(18)4-7-12)16(20-19-14)13-8-5-11(21)9-15(13)22/h3-9,21-22H,2H2,1H3,(H,19,20). The molecule has 0 saturated heterocycles. The summed E-state index contributed by atoms with van der Waals surface area (Å²) < 4.78 is 5.94. The van der Waals surface area contributed by atoms with Crippen LogP contribution in [-0.2, 0) is 6.42 Å².